The van der Waals surface area contributed by atoms with Gasteiger partial charge in [0.05, 0.1) is 24.8 Å². The number of hydrogen-bond donors (Lipinski definition) is 0. The number of rotatable bonds is 3. The molecule has 1 amide bonds. The van der Waals surface area contributed by atoms with Crippen molar-refractivity contribution in [1.82, 2.24) is 14.7 Å². The van der Waals surface area contributed by atoms with Crippen LogP contribution in [0.4, 0.5) is 0 Å². The molecule has 0 bridgehead atoms. The Balaban J connectivity index is 1.41. The number of carbonyl (C=O) groups is 1. The summed E-state index contributed by atoms with van der Waals surface area (Å²) >= 11 is 0. The Morgan fingerprint density at radius 3 is 2.80 bits per heavy atom. The lowest BCUT2D eigenvalue weighted by molar-refractivity contribution is -0.143. The molecule has 2 aliphatic rings. The number of hydrogen-bond acceptors (Lipinski definition) is 4. The summed E-state index contributed by atoms with van der Waals surface area (Å²) in [5.74, 6) is 1.56. The van der Waals surface area contributed by atoms with Crippen LogP contribution in [0, 0.1) is 19.8 Å². The molecule has 0 radical (unpaired) electrons. The van der Waals surface area contributed by atoms with Gasteiger partial charge in [-0.3, -0.25) is 9.48 Å². The Hall–Kier alpha value is -2.50. The second kappa shape index (κ2) is 6.10. The molecule has 1 aromatic heterocycles. The van der Waals surface area contributed by atoms with Crippen molar-refractivity contribution in [1.29, 1.82) is 0 Å². The number of aromatic nitrogens is 2. The van der Waals surface area contributed by atoms with Gasteiger partial charge in [0.1, 0.15) is 6.61 Å². The molecule has 25 heavy (non-hydrogen) atoms. The van der Waals surface area contributed by atoms with Crippen molar-refractivity contribution in [3.05, 3.63) is 41.2 Å². The SMILES string of the molecule is COc1cccc2c1OC[C@@H](C(=O)N1CC(n3nc(C)cc3C)C1)C2. The Labute approximate surface area is 147 Å². The van der Waals surface area contributed by atoms with Crippen molar-refractivity contribution in [3.8, 4) is 11.5 Å². The molecule has 6 nitrogen and oxygen atoms in total. The van der Waals surface area contributed by atoms with Gasteiger partial charge in [-0.1, -0.05) is 12.1 Å². The average molecular weight is 341 g/mol. The summed E-state index contributed by atoms with van der Waals surface area (Å²) in [5, 5.41) is 4.53. The summed E-state index contributed by atoms with van der Waals surface area (Å²) in [4.78, 5) is 14.7. The molecule has 1 atom stereocenters. The lowest BCUT2D eigenvalue weighted by atomic mass is 9.93. The fourth-order valence-corrected chi connectivity index (χ4v) is 3.78. The van der Waals surface area contributed by atoms with Gasteiger partial charge in [0.15, 0.2) is 11.5 Å². The number of methoxy groups -OCH3 is 1. The monoisotopic (exact) mass is 341 g/mol. The zero-order chi connectivity index (χ0) is 17.6. The van der Waals surface area contributed by atoms with E-state index in [0.717, 1.165) is 41.5 Å². The zero-order valence-electron chi connectivity index (χ0n) is 14.9. The third-order valence-corrected chi connectivity index (χ3v) is 5.09. The quantitative estimate of drug-likeness (QED) is 0.858. The molecule has 1 saturated heterocycles. The van der Waals surface area contributed by atoms with E-state index in [2.05, 4.69) is 18.1 Å². The Morgan fingerprint density at radius 2 is 2.12 bits per heavy atom. The first kappa shape index (κ1) is 16.0. The number of benzene rings is 1. The van der Waals surface area contributed by atoms with Gasteiger partial charge in [0.2, 0.25) is 5.91 Å². The molecule has 0 N–H and O–H groups in total. The van der Waals surface area contributed by atoms with E-state index in [0.29, 0.717) is 13.0 Å². The van der Waals surface area contributed by atoms with Crippen LogP contribution in [-0.2, 0) is 11.2 Å². The van der Waals surface area contributed by atoms with Crippen LogP contribution in [0.5, 0.6) is 11.5 Å². The lowest BCUT2D eigenvalue weighted by Crippen LogP contribution is -2.54. The number of para-hydroxylation sites is 1. The number of ether oxygens (including phenoxy) is 2. The van der Waals surface area contributed by atoms with Crippen LogP contribution < -0.4 is 9.47 Å². The summed E-state index contributed by atoms with van der Waals surface area (Å²) in [6, 6.07) is 8.19. The molecular weight excluding hydrogens is 318 g/mol. The van der Waals surface area contributed by atoms with Crippen molar-refractivity contribution in [3.63, 3.8) is 0 Å². The van der Waals surface area contributed by atoms with Gasteiger partial charge in [-0.05, 0) is 38.0 Å². The molecule has 0 spiro atoms. The van der Waals surface area contributed by atoms with Crippen LogP contribution in [0.25, 0.3) is 0 Å². The number of nitrogens with zero attached hydrogens (tertiary/aromatic N) is 3. The van der Waals surface area contributed by atoms with Gasteiger partial charge in [-0.2, -0.15) is 5.10 Å². The molecule has 0 saturated carbocycles. The molecule has 0 aliphatic carbocycles. The molecule has 2 aromatic rings. The van der Waals surface area contributed by atoms with Gasteiger partial charge >= 0.3 is 0 Å². The van der Waals surface area contributed by atoms with Crippen LogP contribution >= 0.6 is 0 Å². The predicted molar refractivity (Wildman–Crippen MR) is 93.0 cm³/mol. The maximum absolute atomic E-state index is 12.8. The topological polar surface area (TPSA) is 56.6 Å². The molecule has 0 unspecified atom stereocenters. The Morgan fingerprint density at radius 1 is 1.32 bits per heavy atom. The van der Waals surface area contributed by atoms with Crippen LogP contribution in [-0.4, -0.2) is 47.4 Å². The lowest BCUT2D eigenvalue weighted by Gasteiger charge is -2.42. The van der Waals surface area contributed by atoms with Gasteiger partial charge in [0, 0.05) is 18.8 Å². The number of likely N-dealkylation sites (tertiary alicyclic amines) is 1. The van der Waals surface area contributed by atoms with Crippen molar-refractivity contribution in [2.45, 2.75) is 26.3 Å². The highest BCUT2D eigenvalue weighted by atomic mass is 16.5. The van der Waals surface area contributed by atoms with Gasteiger partial charge in [0.25, 0.3) is 0 Å². The van der Waals surface area contributed by atoms with Crippen molar-refractivity contribution >= 4 is 5.91 Å². The Kier molecular flexibility index (Phi) is 3.90. The van der Waals surface area contributed by atoms with E-state index in [4.69, 9.17) is 9.47 Å². The molecular formula is C19H23N3O3. The van der Waals surface area contributed by atoms with E-state index in [-0.39, 0.29) is 17.9 Å². The van der Waals surface area contributed by atoms with Gasteiger partial charge < -0.3 is 14.4 Å². The molecule has 2 aliphatic heterocycles. The van der Waals surface area contributed by atoms with Crippen LogP contribution in [0.15, 0.2) is 24.3 Å². The number of fused-ring (bicyclic) bond motifs is 1. The minimum absolute atomic E-state index is 0.124. The molecule has 6 heteroatoms. The van der Waals surface area contributed by atoms with E-state index in [9.17, 15) is 4.79 Å². The summed E-state index contributed by atoms with van der Waals surface area (Å²) < 4.78 is 13.2. The number of amides is 1. The van der Waals surface area contributed by atoms with Crippen LogP contribution in [0.1, 0.15) is 23.0 Å². The Bertz CT molecular complexity index is 808. The van der Waals surface area contributed by atoms with E-state index in [1.165, 1.54) is 0 Å². The molecule has 3 heterocycles. The number of carbonyl (C=O) groups excluding carboxylic acids is 1. The summed E-state index contributed by atoms with van der Waals surface area (Å²) in [6.45, 7) is 5.91. The zero-order valence-corrected chi connectivity index (χ0v) is 14.9. The summed E-state index contributed by atoms with van der Waals surface area (Å²) in [5.41, 5.74) is 3.21. The highest BCUT2D eigenvalue weighted by Crippen LogP contribution is 2.37. The normalized spacial score (nSPS) is 19.8. The third kappa shape index (κ3) is 2.75. The second-order valence-electron chi connectivity index (χ2n) is 6.93. The van der Waals surface area contributed by atoms with Crippen molar-refractivity contribution < 1.29 is 14.3 Å². The molecule has 4 rings (SSSR count). The average Bonchev–Trinajstić information content (AvgIpc) is 2.90. The van der Waals surface area contributed by atoms with Crippen molar-refractivity contribution in [2.75, 3.05) is 26.8 Å². The minimum atomic E-state index is -0.124. The maximum Gasteiger partial charge on any atom is 0.229 e. The maximum atomic E-state index is 12.8. The largest absolute Gasteiger partial charge is 0.493 e. The summed E-state index contributed by atoms with van der Waals surface area (Å²) in [6.07, 6.45) is 0.701. The first-order chi connectivity index (χ1) is 12.1. The number of aryl methyl sites for hydroxylation is 2. The van der Waals surface area contributed by atoms with E-state index in [1.54, 1.807) is 7.11 Å². The second-order valence-corrected chi connectivity index (χ2v) is 6.93. The third-order valence-electron chi connectivity index (χ3n) is 5.09. The smallest absolute Gasteiger partial charge is 0.229 e. The summed E-state index contributed by atoms with van der Waals surface area (Å²) in [7, 11) is 1.63. The fraction of sp³-hybridized carbons (Fsp3) is 0.474. The first-order valence-corrected chi connectivity index (χ1v) is 8.67. The highest BCUT2D eigenvalue weighted by Gasteiger charge is 2.38. The predicted octanol–water partition coefficient (Wildman–Crippen LogP) is 2.14. The van der Waals surface area contributed by atoms with Gasteiger partial charge in [-0.15, -0.1) is 0 Å². The van der Waals surface area contributed by atoms with E-state index >= 15 is 0 Å². The molecule has 1 fully saturated rings. The first-order valence-electron chi connectivity index (χ1n) is 8.67. The van der Waals surface area contributed by atoms with E-state index in [1.807, 2.05) is 34.7 Å². The highest BCUT2D eigenvalue weighted by molar-refractivity contribution is 5.80. The standard InChI is InChI=1S/C19H23N3O3/c1-12-7-13(2)22(20-12)16-9-21(10-16)19(23)15-8-14-5-4-6-17(24-3)18(14)25-11-15/h4-7,15-16H,8-11H2,1-3H3/t15-/m0/s1. The van der Waals surface area contributed by atoms with Crippen LogP contribution in [0.3, 0.4) is 0 Å². The van der Waals surface area contributed by atoms with Crippen LogP contribution in [0.2, 0.25) is 0 Å². The molecule has 132 valence electrons. The fourth-order valence-electron chi connectivity index (χ4n) is 3.78. The van der Waals surface area contributed by atoms with Crippen molar-refractivity contribution in [2.24, 2.45) is 5.92 Å². The van der Waals surface area contributed by atoms with Gasteiger partial charge in [-0.25, -0.2) is 0 Å². The van der Waals surface area contributed by atoms with E-state index < -0.39 is 0 Å². The molecule has 1 aromatic carbocycles. The minimum Gasteiger partial charge on any atom is -0.493 e.